The fourth-order valence-corrected chi connectivity index (χ4v) is 3.80. The number of amides is 2. The lowest BCUT2D eigenvalue weighted by Gasteiger charge is -2.32. The van der Waals surface area contributed by atoms with Gasteiger partial charge in [-0.3, -0.25) is 9.59 Å². The number of nitrogens with one attached hydrogen (secondary N) is 1. The van der Waals surface area contributed by atoms with Gasteiger partial charge in [0.05, 0.1) is 24.7 Å². The van der Waals surface area contributed by atoms with Crippen LogP contribution in [0.5, 0.6) is 0 Å². The van der Waals surface area contributed by atoms with E-state index >= 15 is 0 Å². The number of nitrogens with zero attached hydrogens (tertiary/aromatic N) is 1. The molecule has 0 radical (unpaired) electrons. The number of carbonyl (C=O) groups excluding carboxylic acids is 2. The summed E-state index contributed by atoms with van der Waals surface area (Å²) in [6.07, 6.45) is 3.79. The first kappa shape index (κ1) is 15.9. The van der Waals surface area contributed by atoms with Gasteiger partial charge in [-0.1, -0.05) is 18.6 Å². The van der Waals surface area contributed by atoms with E-state index in [0.29, 0.717) is 12.8 Å². The van der Waals surface area contributed by atoms with E-state index in [-0.39, 0.29) is 42.3 Å². The van der Waals surface area contributed by atoms with Gasteiger partial charge in [-0.05, 0) is 37.0 Å². The summed E-state index contributed by atoms with van der Waals surface area (Å²) in [6.45, 7) is -0.0607. The Hall–Kier alpha value is -1.95. The second-order valence-corrected chi connectivity index (χ2v) is 6.30. The van der Waals surface area contributed by atoms with Gasteiger partial charge in [-0.25, -0.2) is 4.39 Å². The highest BCUT2D eigenvalue weighted by atomic mass is 19.1. The molecule has 0 saturated carbocycles. The van der Waals surface area contributed by atoms with Crippen LogP contribution in [0.25, 0.3) is 0 Å². The van der Waals surface area contributed by atoms with Crippen molar-refractivity contribution >= 4 is 11.8 Å². The molecule has 0 aromatic heterocycles. The molecule has 5 nitrogen and oxygen atoms in total. The average Bonchev–Trinajstić information content (AvgIpc) is 2.87. The Morgan fingerprint density at radius 1 is 1.30 bits per heavy atom. The largest absolute Gasteiger partial charge is 0.351 e. The Balaban J connectivity index is 1.92. The van der Waals surface area contributed by atoms with Gasteiger partial charge < -0.3 is 16.0 Å². The van der Waals surface area contributed by atoms with Crippen LogP contribution in [-0.2, 0) is 9.59 Å². The first-order valence-electron chi connectivity index (χ1n) is 8.16. The molecule has 0 spiro atoms. The van der Waals surface area contributed by atoms with Crippen LogP contribution in [-0.4, -0.2) is 35.3 Å². The van der Waals surface area contributed by atoms with Crippen LogP contribution < -0.4 is 11.1 Å². The molecule has 2 aliphatic rings. The second-order valence-electron chi connectivity index (χ2n) is 6.30. The lowest BCUT2D eigenvalue weighted by atomic mass is 9.97. The fourth-order valence-electron chi connectivity index (χ4n) is 3.80. The summed E-state index contributed by atoms with van der Waals surface area (Å²) in [4.78, 5) is 26.1. The van der Waals surface area contributed by atoms with Crippen LogP contribution in [0.15, 0.2) is 24.3 Å². The first-order valence-corrected chi connectivity index (χ1v) is 8.16. The van der Waals surface area contributed by atoms with Crippen molar-refractivity contribution < 1.29 is 14.0 Å². The molecule has 0 bridgehead atoms. The lowest BCUT2D eigenvalue weighted by molar-refractivity contribution is -0.133. The van der Waals surface area contributed by atoms with Crippen molar-refractivity contribution in [1.29, 1.82) is 0 Å². The fraction of sp³-hybridized carbons (Fsp3) is 0.529. The van der Waals surface area contributed by atoms with Gasteiger partial charge in [0.25, 0.3) is 0 Å². The zero-order valence-electron chi connectivity index (χ0n) is 13.0. The Kier molecular flexibility index (Phi) is 4.61. The van der Waals surface area contributed by atoms with Crippen LogP contribution >= 0.6 is 0 Å². The summed E-state index contributed by atoms with van der Waals surface area (Å²) in [5.41, 5.74) is 6.48. The monoisotopic (exact) mass is 319 g/mol. The molecule has 6 heteroatoms. The molecule has 2 saturated heterocycles. The number of carbonyl (C=O) groups is 2. The smallest absolute Gasteiger partial charge is 0.237 e. The molecule has 2 aliphatic heterocycles. The van der Waals surface area contributed by atoms with Gasteiger partial charge in [-0.2, -0.15) is 0 Å². The molecular weight excluding hydrogens is 297 g/mol. The van der Waals surface area contributed by atoms with Crippen LogP contribution in [0.4, 0.5) is 4.39 Å². The van der Waals surface area contributed by atoms with E-state index < -0.39 is 0 Å². The van der Waals surface area contributed by atoms with E-state index in [9.17, 15) is 14.0 Å². The van der Waals surface area contributed by atoms with E-state index in [2.05, 4.69) is 5.32 Å². The third-order valence-corrected chi connectivity index (χ3v) is 4.85. The topological polar surface area (TPSA) is 75.4 Å². The van der Waals surface area contributed by atoms with Gasteiger partial charge in [0, 0.05) is 6.42 Å². The first-order chi connectivity index (χ1) is 11.1. The Morgan fingerprint density at radius 3 is 2.74 bits per heavy atom. The van der Waals surface area contributed by atoms with Crippen molar-refractivity contribution in [2.45, 2.75) is 50.2 Å². The number of benzene rings is 1. The summed E-state index contributed by atoms with van der Waals surface area (Å²) >= 11 is 0. The highest BCUT2D eigenvalue weighted by Crippen LogP contribution is 2.39. The van der Waals surface area contributed by atoms with E-state index in [0.717, 1.165) is 24.8 Å². The third kappa shape index (κ3) is 3.22. The molecular formula is C17H22FN3O2. The summed E-state index contributed by atoms with van der Waals surface area (Å²) < 4.78 is 13.2. The molecule has 1 aromatic carbocycles. The van der Waals surface area contributed by atoms with E-state index in [1.54, 1.807) is 12.1 Å². The molecule has 1 aromatic rings. The van der Waals surface area contributed by atoms with Gasteiger partial charge in [-0.15, -0.1) is 0 Å². The van der Waals surface area contributed by atoms with Gasteiger partial charge in [0.2, 0.25) is 11.8 Å². The van der Waals surface area contributed by atoms with E-state index in [1.807, 2.05) is 4.90 Å². The Labute approximate surface area is 135 Å². The predicted molar refractivity (Wildman–Crippen MR) is 83.8 cm³/mol. The minimum absolute atomic E-state index is 0.0367. The zero-order valence-corrected chi connectivity index (χ0v) is 13.0. The minimum atomic E-state index is -0.303. The number of likely N-dealkylation sites (tertiary alicyclic amines) is 1. The summed E-state index contributed by atoms with van der Waals surface area (Å²) in [6, 6.07) is 5.95. The summed E-state index contributed by atoms with van der Waals surface area (Å²) in [5, 5.41) is 3.05. The molecule has 0 aliphatic carbocycles. The molecule has 23 heavy (non-hydrogen) atoms. The molecule has 2 fully saturated rings. The standard InChI is InChI=1S/C17H22FN3O2/c18-12-7-5-11(6-8-12)15-9-13-14(21(15)17(23)10-19)3-1-2-4-16(22)20-13/h5-8,13-15H,1-4,9-10,19H2,(H,20,22)/t13-,14+,15+/m1/s1. The Morgan fingerprint density at radius 2 is 2.04 bits per heavy atom. The van der Waals surface area contributed by atoms with Gasteiger partial charge in [0.1, 0.15) is 5.82 Å². The van der Waals surface area contributed by atoms with Crippen molar-refractivity contribution in [2.24, 2.45) is 5.73 Å². The number of hydrogen-bond donors (Lipinski definition) is 2. The average molecular weight is 319 g/mol. The molecule has 0 unspecified atom stereocenters. The molecule has 124 valence electrons. The highest BCUT2D eigenvalue weighted by Gasteiger charge is 2.44. The number of fused-ring (bicyclic) bond motifs is 1. The van der Waals surface area contributed by atoms with Crippen LogP contribution in [0.1, 0.15) is 43.7 Å². The van der Waals surface area contributed by atoms with Crippen molar-refractivity contribution in [1.82, 2.24) is 10.2 Å². The normalized spacial score (nSPS) is 27.8. The van der Waals surface area contributed by atoms with Crippen molar-refractivity contribution in [3.05, 3.63) is 35.6 Å². The third-order valence-electron chi connectivity index (χ3n) is 4.85. The van der Waals surface area contributed by atoms with E-state index in [4.69, 9.17) is 5.73 Å². The maximum absolute atomic E-state index is 13.2. The van der Waals surface area contributed by atoms with Crippen molar-refractivity contribution in [3.63, 3.8) is 0 Å². The molecule has 3 rings (SSSR count). The zero-order chi connectivity index (χ0) is 16.4. The quantitative estimate of drug-likeness (QED) is 0.867. The second kappa shape index (κ2) is 6.66. The SMILES string of the molecule is NCC(=O)N1[C@H](c2ccc(F)cc2)C[C@H]2NC(=O)CCCC[C@@H]21. The van der Waals surface area contributed by atoms with Crippen LogP contribution in [0.3, 0.4) is 0 Å². The maximum atomic E-state index is 13.2. The lowest BCUT2D eigenvalue weighted by Crippen LogP contribution is -2.49. The maximum Gasteiger partial charge on any atom is 0.237 e. The number of hydrogen-bond acceptors (Lipinski definition) is 3. The number of rotatable bonds is 2. The van der Waals surface area contributed by atoms with Crippen LogP contribution in [0.2, 0.25) is 0 Å². The Bertz CT molecular complexity index is 590. The van der Waals surface area contributed by atoms with Crippen molar-refractivity contribution in [3.8, 4) is 0 Å². The number of halogens is 1. The van der Waals surface area contributed by atoms with Crippen molar-refractivity contribution in [2.75, 3.05) is 6.54 Å². The van der Waals surface area contributed by atoms with Gasteiger partial charge in [0.15, 0.2) is 0 Å². The summed E-state index contributed by atoms with van der Waals surface area (Å²) in [7, 11) is 0. The van der Waals surface area contributed by atoms with E-state index in [1.165, 1.54) is 12.1 Å². The van der Waals surface area contributed by atoms with Gasteiger partial charge >= 0.3 is 0 Å². The number of nitrogens with two attached hydrogens (primary N) is 1. The predicted octanol–water partition coefficient (Wildman–Crippen LogP) is 1.49. The molecule has 2 amide bonds. The summed E-state index contributed by atoms with van der Waals surface area (Å²) in [5.74, 6) is -0.385. The minimum Gasteiger partial charge on any atom is -0.351 e. The molecule has 2 heterocycles. The van der Waals surface area contributed by atoms with Crippen LogP contribution in [0, 0.1) is 5.82 Å². The highest BCUT2D eigenvalue weighted by molar-refractivity contribution is 5.80. The molecule has 3 N–H and O–H groups in total. The molecule has 3 atom stereocenters.